The van der Waals surface area contributed by atoms with Gasteiger partial charge in [-0.25, -0.2) is 22.9 Å². The molecule has 0 aliphatic carbocycles. The fourth-order valence-corrected chi connectivity index (χ4v) is 4.85. The molecule has 0 spiro atoms. The van der Waals surface area contributed by atoms with Crippen LogP contribution in [0.1, 0.15) is 30.0 Å². The molecule has 3 aromatic carbocycles. The van der Waals surface area contributed by atoms with Crippen molar-refractivity contribution < 1.29 is 27.6 Å². The van der Waals surface area contributed by atoms with Crippen molar-refractivity contribution in [2.24, 2.45) is 0 Å². The Labute approximate surface area is 217 Å². The summed E-state index contributed by atoms with van der Waals surface area (Å²) in [7, 11) is 0. The lowest BCUT2D eigenvalue weighted by molar-refractivity contribution is -0.152. The number of halogens is 3. The Morgan fingerprint density at radius 2 is 1.53 bits per heavy atom. The van der Waals surface area contributed by atoms with Crippen molar-refractivity contribution in [2.75, 3.05) is 18.0 Å². The summed E-state index contributed by atoms with van der Waals surface area (Å²) < 4.78 is 43.9. The Balaban J connectivity index is 1.40. The van der Waals surface area contributed by atoms with E-state index in [1.54, 1.807) is 30.3 Å². The largest absolute Gasteiger partial charge is 0.335 e. The van der Waals surface area contributed by atoms with Crippen LogP contribution in [-0.4, -0.2) is 46.3 Å². The normalized spacial score (nSPS) is 19.3. The maximum atomic E-state index is 15.1. The quantitative estimate of drug-likeness (QED) is 0.482. The van der Waals surface area contributed by atoms with Gasteiger partial charge in [0.1, 0.15) is 17.0 Å². The lowest BCUT2D eigenvalue weighted by atomic mass is 9.88. The van der Waals surface area contributed by atoms with Crippen LogP contribution in [0.2, 0.25) is 0 Å². The summed E-state index contributed by atoms with van der Waals surface area (Å²) >= 11 is 0. The van der Waals surface area contributed by atoms with E-state index < -0.39 is 52.9 Å². The summed E-state index contributed by atoms with van der Waals surface area (Å²) in [5, 5.41) is 0. The number of piperazine rings is 1. The molecule has 2 aliphatic heterocycles. The zero-order valence-corrected chi connectivity index (χ0v) is 20.4. The van der Waals surface area contributed by atoms with E-state index in [1.165, 1.54) is 34.9 Å². The van der Waals surface area contributed by atoms with Crippen molar-refractivity contribution in [3.63, 3.8) is 0 Å². The predicted molar refractivity (Wildman–Crippen MR) is 133 cm³/mol. The van der Waals surface area contributed by atoms with Crippen LogP contribution >= 0.6 is 0 Å². The summed E-state index contributed by atoms with van der Waals surface area (Å²) in [6.45, 7) is 1.69. The van der Waals surface area contributed by atoms with Gasteiger partial charge in [-0.1, -0.05) is 42.2 Å². The molecule has 38 heavy (non-hydrogen) atoms. The van der Waals surface area contributed by atoms with Crippen LogP contribution in [0.15, 0.2) is 66.7 Å². The maximum Gasteiger partial charge on any atom is 0.332 e. The Morgan fingerprint density at radius 1 is 0.842 bits per heavy atom. The van der Waals surface area contributed by atoms with Crippen LogP contribution in [0.3, 0.4) is 0 Å². The van der Waals surface area contributed by atoms with Crippen LogP contribution in [0.5, 0.6) is 0 Å². The number of amides is 4. The number of rotatable bonds is 3. The molecule has 2 fully saturated rings. The van der Waals surface area contributed by atoms with Gasteiger partial charge in [0, 0.05) is 30.8 Å². The van der Waals surface area contributed by atoms with E-state index in [-0.39, 0.29) is 25.2 Å². The Bertz CT molecular complexity index is 1490. The number of imide groups is 1. The number of fused-ring (bicyclic) bond motifs is 1. The zero-order chi connectivity index (χ0) is 27.0. The second kappa shape index (κ2) is 9.71. The summed E-state index contributed by atoms with van der Waals surface area (Å²) in [6.07, 6.45) is -0.467. The molecule has 0 aromatic heterocycles. The first-order chi connectivity index (χ1) is 18.2. The van der Waals surface area contributed by atoms with Gasteiger partial charge in [0.05, 0.1) is 6.42 Å². The molecule has 2 aliphatic rings. The van der Waals surface area contributed by atoms with E-state index in [2.05, 4.69) is 11.8 Å². The first-order valence-electron chi connectivity index (χ1n) is 11.9. The minimum absolute atomic E-state index is 0.0318. The smallest absolute Gasteiger partial charge is 0.332 e. The summed E-state index contributed by atoms with van der Waals surface area (Å²) in [4.78, 5) is 42.9. The van der Waals surface area contributed by atoms with Gasteiger partial charge in [-0.2, -0.15) is 0 Å². The number of anilines is 1. The van der Waals surface area contributed by atoms with Crippen LogP contribution < -0.4 is 4.90 Å². The third-order valence-corrected chi connectivity index (χ3v) is 6.73. The molecular weight excluding hydrogens is 495 g/mol. The first-order valence-corrected chi connectivity index (χ1v) is 11.9. The van der Waals surface area contributed by atoms with Crippen molar-refractivity contribution in [1.82, 2.24) is 9.80 Å². The number of nitrogens with zero attached hydrogens (tertiary/aromatic N) is 3. The van der Waals surface area contributed by atoms with Crippen molar-refractivity contribution in [2.45, 2.75) is 25.4 Å². The zero-order valence-electron chi connectivity index (χ0n) is 20.4. The predicted octanol–water partition coefficient (Wildman–Crippen LogP) is 4.46. The van der Waals surface area contributed by atoms with Crippen LogP contribution in [-0.2, 0) is 16.1 Å². The molecule has 4 amide bonds. The van der Waals surface area contributed by atoms with E-state index in [9.17, 15) is 18.8 Å². The first kappa shape index (κ1) is 25.1. The van der Waals surface area contributed by atoms with E-state index in [0.29, 0.717) is 16.0 Å². The van der Waals surface area contributed by atoms with Crippen molar-refractivity contribution in [1.29, 1.82) is 0 Å². The molecule has 2 heterocycles. The molecule has 5 rings (SSSR count). The molecule has 6 nitrogen and oxygen atoms in total. The number of carbonyl (C=O) groups excluding carboxylic acids is 3. The minimum atomic E-state index is -1.54. The summed E-state index contributed by atoms with van der Waals surface area (Å²) in [6, 6.07) is 15.6. The van der Waals surface area contributed by atoms with Gasteiger partial charge in [-0.3, -0.25) is 9.59 Å². The van der Waals surface area contributed by atoms with E-state index in [0.717, 1.165) is 12.1 Å². The molecule has 0 bridgehead atoms. The van der Waals surface area contributed by atoms with Crippen LogP contribution in [0, 0.1) is 29.3 Å². The number of carbonyl (C=O) groups is 3. The molecule has 192 valence electrons. The van der Waals surface area contributed by atoms with Gasteiger partial charge in [0.15, 0.2) is 11.6 Å². The second-order valence-corrected chi connectivity index (χ2v) is 9.38. The molecule has 1 unspecified atom stereocenters. The highest BCUT2D eigenvalue weighted by molar-refractivity contribution is 6.19. The highest BCUT2D eigenvalue weighted by Gasteiger charge is 2.55. The lowest BCUT2D eigenvalue weighted by Gasteiger charge is -2.51. The highest BCUT2D eigenvalue weighted by atomic mass is 19.1. The molecule has 2 saturated heterocycles. The standard InChI is InChI=1S/C29H22F3N3O3/c1-29-17-25(36)35(26-23(31)15-20(16-24(26)32)11-10-19-6-3-2-4-7-19)28(38)34(29)13-12-33(27(29)37)18-21-8-5-9-22(30)14-21/h2-9,14-16H,12-13,17-18H2,1H3. The molecule has 0 radical (unpaired) electrons. The number of urea groups is 1. The molecule has 0 N–H and O–H groups in total. The number of hydrogen-bond donors (Lipinski definition) is 0. The number of benzene rings is 3. The maximum absolute atomic E-state index is 15.1. The van der Waals surface area contributed by atoms with Crippen molar-refractivity contribution in [3.05, 3.63) is 101 Å². The van der Waals surface area contributed by atoms with Gasteiger partial charge in [0.2, 0.25) is 11.8 Å². The average Bonchev–Trinajstić information content (AvgIpc) is 2.87. The Morgan fingerprint density at radius 3 is 2.21 bits per heavy atom. The third-order valence-electron chi connectivity index (χ3n) is 6.73. The molecule has 3 aromatic rings. The Hall–Kier alpha value is -4.58. The lowest BCUT2D eigenvalue weighted by Crippen LogP contribution is -2.72. The van der Waals surface area contributed by atoms with E-state index in [1.807, 2.05) is 6.07 Å². The highest BCUT2D eigenvalue weighted by Crippen LogP contribution is 2.37. The molecule has 9 heteroatoms. The minimum Gasteiger partial charge on any atom is -0.335 e. The molecular formula is C29H22F3N3O3. The fourth-order valence-electron chi connectivity index (χ4n) is 4.85. The van der Waals surface area contributed by atoms with Crippen LogP contribution in [0.4, 0.5) is 23.7 Å². The van der Waals surface area contributed by atoms with Gasteiger partial charge in [-0.15, -0.1) is 0 Å². The summed E-state index contributed by atoms with van der Waals surface area (Å²) in [5.74, 6) is 1.39. The monoisotopic (exact) mass is 517 g/mol. The topological polar surface area (TPSA) is 60.9 Å². The van der Waals surface area contributed by atoms with Gasteiger partial charge in [-0.05, 0) is 48.9 Å². The fraction of sp³-hybridized carbons (Fsp3) is 0.207. The average molecular weight is 518 g/mol. The van der Waals surface area contributed by atoms with Gasteiger partial charge >= 0.3 is 6.03 Å². The molecule has 0 saturated carbocycles. The third kappa shape index (κ3) is 4.50. The van der Waals surface area contributed by atoms with E-state index in [4.69, 9.17) is 0 Å². The van der Waals surface area contributed by atoms with E-state index >= 15 is 8.78 Å². The Kier molecular flexibility index (Phi) is 6.41. The number of hydrogen-bond acceptors (Lipinski definition) is 3. The second-order valence-electron chi connectivity index (χ2n) is 9.38. The van der Waals surface area contributed by atoms with Gasteiger partial charge in [0.25, 0.3) is 0 Å². The summed E-state index contributed by atoms with van der Waals surface area (Å²) in [5.41, 5.74) is -1.09. The van der Waals surface area contributed by atoms with Crippen molar-refractivity contribution in [3.8, 4) is 11.8 Å². The van der Waals surface area contributed by atoms with Crippen LogP contribution in [0.25, 0.3) is 0 Å². The molecule has 1 atom stereocenters. The van der Waals surface area contributed by atoms with Gasteiger partial charge < -0.3 is 9.80 Å². The SMILES string of the molecule is CC12CC(=O)N(c3c(F)cc(C#Cc4ccccc4)cc3F)C(=O)N1CCN(Cc1cccc(F)c1)C2=O. The van der Waals surface area contributed by atoms with Crippen molar-refractivity contribution >= 4 is 23.5 Å².